The summed E-state index contributed by atoms with van der Waals surface area (Å²) in [5, 5.41) is 3.00. The molecule has 0 aliphatic rings. The predicted molar refractivity (Wildman–Crippen MR) is 67.7 cm³/mol. The highest BCUT2D eigenvalue weighted by Crippen LogP contribution is 2.26. The molecule has 2 nitrogen and oxygen atoms in total. The molecule has 0 heterocycles. The number of nitrogens with zero attached hydrogens (tertiary/aromatic N) is 1. The molecule has 6 heteroatoms. The number of alkyl halides is 3. The third kappa shape index (κ3) is 5.06. The van der Waals surface area contributed by atoms with Crippen LogP contribution in [0.5, 0.6) is 0 Å². The molecule has 0 atom stereocenters. The highest BCUT2D eigenvalue weighted by molar-refractivity contribution is 5.54. The zero-order valence-electron chi connectivity index (χ0n) is 11.0. The minimum atomic E-state index is -4.28. The molecule has 0 aliphatic carbocycles. The summed E-state index contributed by atoms with van der Waals surface area (Å²) in [4.78, 5) is 1.20. The van der Waals surface area contributed by atoms with Crippen molar-refractivity contribution in [3.05, 3.63) is 29.6 Å². The number of hydrogen-bond acceptors (Lipinski definition) is 2. The average molecular weight is 278 g/mol. The van der Waals surface area contributed by atoms with Gasteiger partial charge in [-0.3, -0.25) is 0 Å². The van der Waals surface area contributed by atoms with Crippen molar-refractivity contribution in [2.45, 2.75) is 26.6 Å². The Morgan fingerprint density at radius 3 is 2.42 bits per heavy atom. The van der Waals surface area contributed by atoms with Crippen LogP contribution in [0.1, 0.15) is 19.4 Å². The van der Waals surface area contributed by atoms with Crippen LogP contribution >= 0.6 is 0 Å². The van der Waals surface area contributed by atoms with E-state index in [0.29, 0.717) is 24.3 Å². The topological polar surface area (TPSA) is 15.3 Å². The number of anilines is 1. The van der Waals surface area contributed by atoms with Gasteiger partial charge in [0.15, 0.2) is 0 Å². The molecule has 0 spiro atoms. The lowest BCUT2D eigenvalue weighted by Gasteiger charge is -2.27. The summed E-state index contributed by atoms with van der Waals surface area (Å²) in [6.07, 6.45) is -4.28. The average Bonchev–Trinajstić information content (AvgIpc) is 2.32. The largest absolute Gasteiger partial charge is 0.405 e. The van der Waals surface area contributed by atoms with Gasteiger partial charge in [0.1, 0.15) is 12.4 Å². The molecule has 108 valence electrons. The second-order valence-corrected chi connectivity index (χ2v) is 4.18. The van der Waals surface area contributed by atoms with E-state index < -0.39 is 18.5 Å². The third-order valence-corrected chi connectivity index (χ3v) is 2.70. The summed E-state index contributed by atoms with van der Waals surface area (Å²) in [5.74, 6) is -0.445. The first-order valence-electron chi connectivity index (χ1n) is 6.18. The van der Waals surface area contributed by atoms with Crippen LogP contribution in [0.3, 0.4) is 0 Å². The Morgan fingerprint density at radius 2 is 1.89 bits per heavy atom. The van der Waals surface area contributed by atoms with Crippen molar-refractivity contribution >= 4 is 5.69 Å². The Kier molecular flexibility index (Phi) is 5.60. The van der Waals surface area contributed by atoms with Gasteiger partial charge in [0.05, 0.1) is 0 Å². The van der Waals surface area contributed by atoms with Crippen LogP contribution in [0.2, 0.25) is 0 Å². The van der Waals surface area contributed by atoms with E-state index in [2.05, 4.69) is 5.32 Å². The van der Waals surface area contributed by atoms with Crippen molar-refractivity contribution in [1.82, 2.24) is 5.32 Å². The normalized spacial score (nSPS) is 11.7. The van der Waals surface area contributed by atoms with Crippen LogP contribution in [-0.2, 0) is 6.54 Å². The van der Waals surface area contributed by atoms with Gasteiger partial charge in [-0.25, -0.2) is 4.39 Å². The van der Waals surface area contributed by atoms with Crippen LogP contribution in [0.4, 0.5) is 23.2 Å². The van der Waals surface area contributed by atoms with Crippen molar-refractivity contribution in [2.24, 2.45) is 0 Å². The van der Waals surface area contributed by atoms with Crippen LogP contribution < -0.4 is 10.2 Å². The van der Waals surface area contributed by atoms with Crippen molar-refractivity contribution in [3.63, 3.8) is 0 Å². The lowest BCUT2D eigenvalue weighted by molar-refractivity contribution is -0.119. The van der Waals surface area contributed by atoms with Crippen molar-refractivity contribution < 1.29 is 17.6 Å². The highest BCUT2D eigenvalue weighted by Gasteiger charge is 2.31. The molecule has 1 aromatic carbocycles. The number of nitrogens with one attached hydrogen (secondary N) is 1. The number of rotatable bonds is 6. The molecular weight excluding hydrogens is 260 g/mol. The van der Waals surface area contributed by atoms with E-state index in [1.54, 1.807) is 6.92 Å². The summed E-state index contributed by atoms with van der Waals surface area (Å²) >= 11 is 0. The van der Waals surface area contributed by atoms with Gasteiger partial charge in [0.2, 0.25) is 0 Å². The Balaban J connectivity index is 3.01. The second kappa shape index (κ2) is 6.75. The highest BCUT2D eigenvalue weighted by atomic mass is 19.4. The Hall–Kier alpha value is -1.30. The van der Waals surface area contributed by atoms with Gasteiger partial charge in [-0.05, 0) is 37.2 Å². The standard InChI is InChI=1S/C13H18F4N2/c1-3-18-8-10-7-11(14)5-6-12(10)19(4-2)9-13(15,16)17/h5-7,18H,3-4,8-9H2,1-2H3. The van der Waals surface area contributed by atoms with E-state index in [1.807, 2.05) is 6.92 Å². The van der Waals surface area contributed by atoms with Crippen molar-refractivity contribution in [2.75, 3.05) is 24.5 Å². The van der Waals surface area contributed by atoms with Crippen molar-refractivity contribution in [3.8, 4) is 0 Å². The number of hydrogen-bond donors (Lipinski definition) is 1. The van der Waals surface area contributed by atoms with E-state index in [4.69, 9.17) is 0 Å². The molecule has 0 radical (unpaired) electrons. The van der Waals surface area contributed by atoms with Crippen LogP contribution in [0.25, 0.3) is 0 Å². The Bertz CT molecular complexity index is 404. The fourth-order valence-electron chi connectivity index (χ4n) is 1.85. The maximum Gasteiger partial charge on any atom is 0.405 e. The zero-order valence-corrected chi connectivity index (χ0v) is 11.0. The van der Waals surface area contributed by atoms with Gasteiger partial charge in [-0.1, -0.05) is 6.92 Å². The summed E-state index contributed by atoms with van der Waals surface area (Å²) in [6.45, 7) is 3.72. The van der Waals surface area contributed by atoms with E-state index >= 15 is 0 Å². The molecule has 19 heavy (non-hydrogen) atoms. The molecule has 1 rings (SSSR count). The minimum absolute atomic E-state index is 0.213. The quantitative estimate of drug-likeness (QED) is 0.803. The molecular formula is C13H18F4N2. The van der Waals surface area contributed by atoms with Crippen LogP contribution in [0.15, 0.2) is 18.2 Å². The van der Waals surface area contributed by atoms with Crippen LogP contribution in [-0.4, -0.2) is 25.8 Å². The molecule has 0 saturated carbocycles. The molecule has 0 amide bonds. The molecule has 0 bridgehead atoms. The smallest absolute Gasteiger partial charge is 0.363 e. The molecule has 0 saturated heterocycles. The first-order chi connectivity index (χ1) is 8.87. The molecule has 0 aliphatic heterocycles. The first-order valence-corrected chi connectivity index (χ1v) is 6.18. The molecule has 0 aromatic heterocycles. The first kappa shape index (κ1) is 15.8. The van der Waals surface area contributed by atoms with Gasteiger partial charge in [0.25, 0.3) is 0 Å². The van der Waals surface area contributed by atoms with Crippen LogP contribution in [0, 0.1) is 5.82 Å². The SMILES string of the molecule is CCNCc1cc(F)ccc1N(CC)CC(F)(F)F. The van der Waals surface area contributed by atoms with Gasteiger partial charge in [0, 0.05) is 18.8 Å². The molecule has 0 unspecified atom stereocenters. The van der Waals surface area contributed by atoms with Gasteiger partial charge in [-0.2, -0.15) is 13.2 Å². The lowest BCUT2D eigenvalue weighted by Crippen LogP contribution is -2.35. The third-order valence-electron chi connectivity index (χ3n) is 2.70. The fraction of sp³-hybridized carbons (Fsp3) is 0.538. The monoisotopic (exact) mass is 278 g/mol. The minimum Gasteiger partial charge on any atom is -0.363 e. The summed E-state index contributed by atoms with van der Waals surface area (Å²) < 4.78 is 50.7. The second-order valence-electron chi connectivity index (χ2n) is 4.18. The molecule has 1 aromatic rings. The summed E-state index contributed by atoms with van der Waals surface area (Å²) in [6, 6.07) is 3.86. The number of benzene rings is 1. The summed E-state index contributed by atoms with van der Waals surface area (Å²) in [7, 11) is 0. The molecule has 0 fully saturated rings. The molecule has 1 N–H and O–H groups in total. The lowest BCUT2D eigenvalue weighted by atomic mass is 10.1. The Morgan fingerprint density at radius 1 is 1.21 bits per heavy atom. The fourth-order valence-corrected chi connectivity index (χ4v) is 1.85. The van der Waals surface area contributed by atoms with E-state index in [1.165, 1.54) is 23.1 Å². The van der Waals surface area contributed by atoms with Gasteiger partial charge in [-0.15, -0.1) is 0 Å². The Labute approximate surface area is 110 Å². The maximum absolute atomic E-state index is 13.2. The van der Waals surface area contributed by atoms with E-state index in [9.17, 15) is 17.6 Å². The maximum atomic E-state index is 13.2. The van der Waals surface area contributed by atoms with Gasteiger partial charge >= 0.3 is 6.18 Å². The summed E-state index contributed by atoms with van der Waals surface area (Å²) in [5.41, 5.74) is 0.954. The number of halogens is 4. The van der Waals surface area contributed by atoms with E-state index in [0.717, 1.165) is 0 Å². The zero-order chi connectivity index (χ0) is 14.5. The van der Waals surface area contributed by atoms with E-state index in [-0.39, 0.29) is 6.54 Å². The predicted octanol–water partition coefficient (Wildman–Crippen LogP) is 3.32. The van der Waals surface area contributed by atoms with Gasteiger partial charge < -0.3 is 10.2 Å². The van der Waals surface area contributed by atoms with Crippen molar-refractivity contribution in [1.29, 1.82) is 0 Å².